The fraction of sp³-hybridized carbons (Fsp3) is 0.692. The standard InChI is InChI=1S/C13H23N5O/c1-3-4-17-5-7-18(8-6-17)13-9-11(14)15-12(16-13)10-19-2/h9H,3-8,10H2,1-2H3,(H2,14,15,16). The molecule has 1 saturated heterocycles. The van der Waals surface area contributed by atoms with Gasteiger partial charge in [0.15, 0.2) is 5.82 Å². The Morgan fingerprint density at radius 1 is 1.26 bits per heavy atom. The summed E-state index contributed by atoms with van der Waals surface area (Å²) >= 11 is 0. The van der Waals surface area contributed by atoms with Gasteiger partial charge in [-0.25, -0.2) is 9.97 Å². The van der Waals surface area contributed by atoms with Crippen molar-refractivity contribution in [3.05, 3.63) is 11.9 Å². The first kappa shape index (κ1) is 14.0. The number of aromatic nitrogens is 2. The summed E-state index contributed by atoms with van der Waals surface area (Å²) in [5.41, 5.74) is 5.83. The largest absolute Gasteiger partial charge is 0.384 e. The van der Waals surface area contributed by atoms with Crippen molar-refractivity contribution in [1.29, 1.82) is 0 Å². The second kappa shape index (κ2) is 6.68. The predicted molar refractivity (Wildman–Crippen MR) is 76.1 cm³/mol. The van der Waals surface area contributed by atoms with Crippen molar-refractivity contribution in [2.45, 2.75) is 20.0 Å². The molecule has 6 heteroatoms. The third-order valence-corrected chi connectivity index (χ3v) is 3.29. The normalized spacial score (nSPS) is 16.8. The number of nitrogen functional groups attached to an aromatic ring is 1. The van der Waals surface area contributed by atoms with Crippen LogP contribution in [0.4, 0.5) is 11.6 Å². The molecule has 19 heavy (non-hydrogen) atoms. The number of anilines is 2. The average Bonchev–Trinajstić information content (AvgIpc) is 2.40. The Kier molecular flexibility index (Phi) is 4.93. The highest BCUT2D eigenvalue weighted by atomic mass is 16.5. The van der Waals surface area contributed by atoms with Crippen molar-refractivity contribution in [3.8, 4) is 0 Å². The van der Waals surface area contributed by atoms with Gasteiger partial charge in [-0.3, -0.25) is 4.90 Å². The lowest BCUT2D eigenvalue weighted by atomic mass is 10.3. The van der Waals surface area contributed by atoms with Gasteiger partial charge in [0.25, 0.3) is 0 Å². The van der Waals surface area contributed by atoms with Gasteiger partial charge < -0.3 is 15.4 Å². The zero-order valence-electron chi connectivity index (χ0n) is 11.8. The quantitative estimate of drug-likeness (QED) is 0.847. The SMILES string of the molecule is CCCN1CCN(c2cc(N)nc(COC)n2)CC1. The van der Waals surface area contributed by atoms with E-state index in [0.29, 0.717) is 18.2 Å². The number of hydrogen-bond acceptors (Lipinski definition) is 6. The van der Waals surface area contributed by atoms with Gasteiger partial charge in [0.2, 0.25) is 0 Å². The molecule has 0 unspecified atom stereocenters. The fourth-order valence-corrected chi connectivity index (χ4v) is 2.38. The van der Waals surface area contributed by atoms with Crippen LogP contribution in [-0.2, 0) is 11.3 Å². The number of hydrogen-bond donors (Lipinski definition) is 1. The van der Waals surface area contributed by atoms with Gasteiger partial charge in [0.1, 0.15) is 18.2 Å². The van der Waals surface area contributed by atoms with Crippen LogP contribution in [0.15, 0.2) is 6.07 Å². The van der Waals surface area contributed by atoms with E-state index in [9.17, 15) is 0 Å². The van der Waals surface area contributed by atoms with Crippen LogP contribution < -0.4 is 10.6 Å². The molecule has 1 aromatic rings. The second-order valence-corrected chi connectivity index (χ2v) is 4.83. The highest BCUT2D eigenvalue weighted by molar-refractivity contribution is 5.47. The molecule has 1 aliphatic rings. The molecule has 0 saturated carbocycles. The van der Waals surface area contributed by atoms with Gasteiger partial charge in [-0.2, -0.15) is 0 Å². The van der Waals surface area contributed by atoms with Crippen molar-refractivity contribution in [3.63, 3.8) is 0 Å². The molecule has 1 aliphatic heterocycles. The van der Waals surface area contributed by atoms with Crippen LogP contribution in [0.1, 0.15) is 19.2 Å². The molecule has 1 aromatic heterocycles. The van der Waals surface area contributed by atoms with Crippen molar-refractivity contribution < 1.29 is 4.74 Å². The second-order valence-electron chi connectivity index (χ2n) is 4.83. The summed E-state index contributed by atoms with van der Waals surface area (Å²) in [7, 11) is 1.63. The maximum atomic E-state index is 5.83. The first-order valence-corrected chi connectivity index (χ1v) is 6.82. The first-order chi connectivity index (χ1) is 9.22. The molecule has 1 fully saturated rings. The maximum absolute atomic E-state index is 5.83. The molecule has 0 aromatic carbocycles. The lowest BCUT2D eigenvalue weighted by molar-refractivity contribution is 0.178. The number of methoxy groups -OCH3 is 1. The minimum Gasteiger partial charge on any atom is -0.384 e. The van der Waals surface area contributed by atoms with Gasteiger partial charge >= 0.3 is 0 Å². The lowest BCUT2D eigenvalue weighted by Crippen LogP contribution is -2.46. The fourth-order valence-electron chi connectivity index (χ4n) is 2.38. The molecule has 0 aliphatic carbocycles. The maximum Gasteiger partial charge on any atom is 0.158 e. The van der Waals surface area contributed by atoms with Gasteiger partial charge in [-0.15, -0.1) is 0 Å². The molecule has 0 bridgehead atoms. The van der Waals surface area contributed by atoms with Crippen LogP contribution >= 0.6 is 0 Å². The topological polar surface area (TPSA) is 67.5 Å². The lowest BCUT2D eigenvalue weighted by Gasteiger charge is -2.35. The Morgan fingerprint density at radius 2 is 2.00 bits per heavy atom. The number of ether oxygens (including phenoxy) is 1. The molecule has 2 N–H and O–H groups in total. The Labute approximate surface area is 114 Å². The summed E-state index contributed by atoms with van der Waals surface area (Å²) in [5.74, 6) is 2.07. The van der Waals surface area contributed by atoms with Gasteiger partial charge in [0.05, 0.1) is 0 Å². The van der Waals surface area contributed by atoms with Crippen molar-refractivity contribution in [1.82, 2.24) is 14.9 Å². The first-order valence-electron chi connectivity index (χ1n) is 6.82. The highest BCUT2D eigenvalue weighted by Crippen LogP contribution is 2.16. The molecule has 6 nitrogen and oxygen atoms in total. The molecular weight excluding hydrogens is 242 g/mol. The Hall–Kier alpha value is -1.40. The smallest absolute Gasteiger partial charge is 0.158 e. The van der Waals surface area contributed by atoms with E-state index in [1.807, 2.05) is 6.07 Å². The third kappa shape index (κ3) is 3.78. The summed E-state index contributed by atoms with van der Waals surface area (Å²) in [6.45, 7) is 7.93. The number of nitrogens with zero attached hydrogens (tertiary/aromatic N) is 4. The molecular formula is C13H23N5O. The summed E-state index contributed by atoms with van der Waals surface area (Å²) in [5, 5.41) is 0. The molecule has 106 valence electrons. The van der Waals surface area contributed by atoms with Crippen LogP contribution in [0.25, 0.3) is 0 Å². The zero-order valence-corrected chi connectivity index (χ0v) is 11.8. The summed E-state index contributed by atoms with van der Waals surface area (Å²) in [4.78, 5) is 13.4. The third-order valence-electron chi connectivity index (χ3n) is 3.29. The van der Waals surface area contributed by atoms with E-state index in [1.165, 1.54) is 13.0 Å². The number of nitrogens with two attached hydrogens (primary N) is 1. The van der Waals surface area contributed by atoms with Crippen LogP contribution in [0, 0.1) is 0 Å². The van der Waals surface area contributed by atoms with Gasteiger partial charge in [-0.1, -0.05) is 6.92 Å². The molecule has 0 atom stereocenters. The van der Waals surface area contributed by atoms with Crippen molar-refractivity contribution >= 4 is 11.6 Å². The summed E-state index contributed by atoms with van der Waals surface area (Å²) < 4.78 is 5.07. The molecule has 0 radical (unpaired) electrons. The van der Waals surface area contributed by atoms with Crippen LogP contribution in [0.5, 0.6) is 0 Å². The van der Waals surface area contributed by atoms with E-state index < -0.39 is 0 Å². The van der Waals surface area contributed by atoms with E-state index in [1.54, 1.807) is 7.11 Å². The van der Waals surface area contributed by atoms with E-state index >= 15 is 0 Å². The Bertz CT molecular complexity index is 404. The minimum atomic E-state index is 0.397. The van der Waals surface area contributed by atoms with E-state index in [4.69, 9.17) is 10.5 Å². The summed E-state index contributed by atoms with van der Waals surface area (Å²) in [6, 6.07) is 1.84. The molecule has 2 heterocycles. The van der Waals surface area contributed by atoms with Crippen LogP contribution in [0.2, 0.25) is 0 Å². The average molecular weight is 265 g/mol. The Balaban J connectivity index is 2.02. The molecule has 0 spiro atoms. The van der Waals surface area contributed by atoms with Gasteiger partial charge in [0, 0.05) is 39.4 Å². The van der Waals surface area contributed by atoms with E-state index in [-0.39, 0.29) is 0 Å². The molecule has 2 rings (SSSR count). The Morgan fingerprint density at radius 3 is 2.63 bits per heavy atom. The molecule has 0 amide bonds. The number of rotatable bonds is 5. The zero-order chi connectivity index (χ0) is 13.7. The van der Waals surface area contributed by atoms with E-state index in [0.717, 1.165) is 32.0 Å². The highest BCUT2D eigenvalue weighted by Gasteiger charge is 2.18. The van der Waals surface area contributed by atoms with E-state index in [2.05, 4.69) is 26.7 Å². The van der Waals surface area contributed by atoms with Crippen LogP contribution in [0.3, 0.4) is 0 Å². The van der Waals surface area contributed by atoms with Crippen molar-refractivity contribution in [2.24, 2.45) is 0 Å². The van der Waals surface area contributed by atoms with Crippen LogP contribution in [-0.4, -0.2) is 54.7 Å². The predicted octanol–water partition coefficient (Wildman–Crippen LogP) is 0.737. The minimum absolute atomic E-state index is 0.397. The van der Waals surface area contributed by atoms with Crippen molar-refractivity contribution in [2.75, 3.05) is 50.5 Å². The van der Waals surface area contributed by atoms with Gasteiger partial charge in [-0.05, 0) is 13.0 Å². The number of piperazine rings is 1. The monoisotopic (exact) mass is 265 g/mol. The summed E-state index contributed by atoms with van der Waals surface area (Å²) in [6.07, 6.45) is 1.21.